The summed E-state index contributed by atoms with van der Waals surface area (Å²) in [7, 11) is 0. The lowest BCUT2D eigenvalue weighted by Gasteiger charge is -2.26. The van der Waals surface area contributed by atoms with Gasteiger partial charge < -0.3 is 19.5 Å². The minimum absolute atomic E-state index is 0.0275. The number of ether oxygens (including phenoxy) is 3. The number of fused-ring (bicyclic) bond motifs is 1. The fourth-order valence-electron chi connectivity index (χ4n) is 5.60. The highest BCUT2D eigenvalue weighted by Gasteiger charge is 2.70. The first-order valence-electron chi connectivity index (χ1n) is 12.9. The van der Waals surface area contributed by atoms with Crippen molar-refractivity contribution in [3.8, 4) is 11.1 Å². The van der Waals surface area contributed by atoms with Crippen molar-refractivity contribution in [3.63, 3.8) is 0 Å². The summed E-state index contributed by atoms with van der Waals surface area (Å²) in [6.45, 7) is 6.64. The maximum Gasteiger partial charge on any atom is 0.414 e. The summed E-state index contributed by atoms with van der Waals surface area (Å²) in [6, 6.07) is 5.42. The number of hydrogen-bond acceptors (Lipinski definition) is 8. The van der Waals surface area contributed by atoms with Gasteiger partial charge in [0.1, 0.15) is 23.3 Å². The van der Waals surface area contributed by atoms with Crippen LogP contribution in [0.15, 0.2) is 42.9 Å². The number of nitrogens with one attached hydrogen (secondary N) is 1. The standard InChI is InChI=1S/C27H28F2N6O5/c1-26(2,3)40-24(36)32-27(18-13-38-14-19(18)27)22-5-4-15(10-30-22)23-20(28)8-16(9-21(23)29)35-12-17(39-25(35)37)11-34-7-6-31-33-34/h4-10,17-19H,11-14H2,1-3H3,(H,32,36)/t17-,18-,19+,27?/m0/s1. The minimum atomic E-state index is -0.852. The number of alkyl carbamates (subject to hydrolysis) is 1. The summed E-state index contributed by atoms with van der Waals surface area (Å²) >= 11 is 0. The third-order valence-electron chi connectivity index (χ3n) is 7.40. The molecule has 40 heavy (non-hydrogen) atoms. The summed E-state index contributed by atoms with van der Waals surface area (Å²) in [5.74, 6) is -1.65. The van der Waals surface area contributed by atoms with Gasteiger partial charge in [-0.25, -0.2) is 23.1 Å². The molecular formula is C27H28F2N6O5. The number of benzene rings is 1. The average molecular weight is 555 g/mol. The quantitative estimate of drug-likeness (QED) is 0.491. The van der Waals surface area contributed by atoms with Gasteiger partial charge in [-0.05, 0) is 39.0 Å². The Labute approximate surface area is 228 Å². The van der Waals surface area contributed by atoms with Gasteiger partial charge in [0.25, 0.3) is 0 Å². The van der Waals surface area contributed by atoms with Crippen molar-refractivity contribution in [1.29, 1.82) is 0 Å². The molecule has 0 radical (unpaired) electrons. The number of nitrogens with zero attached hydrogens (tertiary/aromatic N) is 5. The van der Waals surface area contributed by atoms with Gasteiger partial charge in [0.2, 0.25) is 0 Å². The van der Waals surface area contributed by atoms with E-state index in [1.165, 1.54) is 22.0 Å². The van der Waals surface area contributed by atoms with E-state index in [4.69, 9.17) is 14.2 Å². The zero-order chi connectivity index (χ0) is 28.2. The Morgan fingerprint density at radius 3 is 2.52 bits per heavy atom. The van der Waals surface area contributed by atoms with Crippen LogP contribution in [0.2, 0.25) is 0 Å². The van der Waals surface area contributed by atoms with E-state index in [1.807, 2.05) is 0 Å². The molecule has 6 rings (SSSR count). The van der Waals surface area contributed by atoms with Crippen LogP contribution in [0.25, 0.3) is 11.1 Å². The molecule has 0 spiro atoms. The van der Waals surface area contributed by atoms with Crippen LogP contribution in [0.5, 0.6) is 0 Å². The van der Waals surface area contributed by atoms with Crippen molar-refractivity contribution < 1.29 is 32.6 Å². The van der Waals surface area contributed by atoms with Crippen LogP contribution in [0.3, 0.4) is 0 Å². The van der Waals surface area contributed by atoms with Crippen LogP contribution in [0, 0.1) is 23.5 Å². The Morgan fingerprint density at radius 1 is 1.20 bits per heavy atom. The number of pyridine rings is 1. The minimum Gasteiger partial charge on any atom is -0.444 e. The van der Waals surface area contributed by atoms with Gasteiger partial charge in [0, 0.05) is 29.8 Å². The van der Waals surface area contributed by atoms with Crippen LogP contribution in [0.1, 0.15) is 26.5 Å². The molecule has 210 valence electrons. The monoisotopic (exact) mass is 554 g/mol. The number of carbonyl (C=O) groups is 2. The predicted molar refractivity (Wildman–Crippen MR) is 136 cm³/mol. The molecule has 3 aromatic rings. The molecule has 0 bridgehead atoms. The van der Waals surface area contributed by atoms with Crippen molar-refractivity contribution >= 4 is 17.9 Å². The summed E-state index contributed by atoms with van der Waals surface area (Å²) in [5, 5.41) is 10.5. The molecule has 3 aliphatic rings. The van der Waals surface area contributed by atoms with Gasteiger partial charge in [-0.3, -0.25) is 9.88 Å². The molecule has 2 amide bonds. The molecule has 13 heteroatoms. The molecule has 1 saturated carbocycles. The van der Waals surface area contributed by atoms with Crippen LogP contribution in [-0.2, 0) is 26.3 Å². The van der Waals surface area contributed by atoms with E-state index in [0.29, 0.717) is 18.9 Å². The maximum absolute atomic E-state index is 15.3. The summed E-state index contributed by atoms with van der Waals surface area (Å²) in [4.78, 5) is 30.7. The average Bonchev–Trinajstić information content (AvgIpc) is 3.41. The third-order valence-corrected chi connectivity index (χ3v) is 7.40. The summed E-state index contributed by atoms with van der Waals surface area (Å²) in [5.41, 5.74) is -0.889. The van der Waals surface area contributed by atoms with Gasteiger partial charge in [0.15, 0.2) is 0 Å². The highest BCUT2D eigenvalue weighted by Crippen LogP contribution is 2.60. The second-order valence-electron chi connectivity index (χ2n) is 11.2. The molecule has 1 unspecified atom stereocenters. The van der Waals surface area contributed by atoms with Crippen molar-refractivity contribution in [2.24, 2.45) is 11.8 Å². The molecule has 11 nitrogen and oxygen atoms in total. The molecule has 1 aromatic carbocycles. The number of halogens is 2. The van der Waals surface area contributed by atoms with Crippen molar-refractivity contribution in [3.05, 3.63) is 60.2 Å². The molecule has 4 atom stereocenters. The third kappa shape index (κ3) is 4.63. The summed E-state index contributed by atoms with van der Waals surface area (Å²) < 4.78 is 48.4. The lowest BCUT2D eigenvalue weighted by Crippen LogP contribution is -2.43. The van der Waals surface area contributed by atoms with Gasteiger partial charge in [-0.15, -0.1) is 5.10 Å². The largest absolute Gasteiger partial charge is 0.444 e. The van der Waals surface area contributed by atoms with Gasteiger partial charge in [0.05, 0.1) is 55.0 Å². The zero-order valence-electron chi connectivity index (χ0n) is 22.1. The van der Waals surface area contributed by atoms with Gasteiger partial charge >= 0.3 is 12.2 Å². The van der Waals surface area contributed by atoms with Crippen LogP contribution >= 0.6 is 0 Å². The maximum atomic E-state index is 15.3. The first-order chi connectivity index (χ1) is 19.0. The highest BCUT2D eigenvalue weighted by atomic mass is 19.1. The Balaban J connectivity index is 1.21. The van der Waals surface area contributed by atoms with Gasteiger partial charge in [-0.2, -0.15) is 0 Å². The molecule has 2 saturated heterocycles. The molecular weight excluding hydrogens is 526 g/mol. The Hall–Kier alpha value is -4.13. The zero-order valence-corrected chi connectivity index (χ0v) is 22.1. The van der Waals surface area contributed by atoms with Crippen LogP contribution in [0.4, 0.5) is 24.1 Å². The molecule has 3 fully saturated rings. The van der Waals surface area contributed by atoms with Crippen LogP contribution < -0.4 is 10.2 Å². The molecule has 2 aliphatic heterocycles. The van der Waals surface area contributed by atoms with E-state index in [-0.39, 0.29) is 41.7 Å². The Kier molecular flexibility index (Phi) is 6.21. The predicted octanol–water partition coefficient (Wildman–Crippen LogP) is 3.64. The Bertz CT molecular complexity index is 1410. The van der Waals surface area contributed by atoms with E-state index in [2.05, 4.69) is 20.6 Å². The number of amides is 2. The second kappa shape index (κ2) is 9.51. The molecule has 1 aliphatic carbocycles. The van der Waals surface area contributed by atoms with Crippen LogP contribution in [-0.4, -0.2) is 63.6 Å². The van der Waals surface area contributed by atoms with E-state index in [1.54, 1.807) is 39.1 Å². The second-order valence-corrected chi connectivity index (χ2v) is 11.2. The molecule has 2 aromatic heterocycles. The van der Waals surface area contributed by atoms with Gasteiger partial charge in [-0.1, -0.05) is 11.3 Å². The normalized spacial score (nSPS) is 25.5. The lowest BCUT2D eigenvalue weighted by atomic mass is 10.0. The summed E-state index contributed by atoms with van der Waals surface area (Å²) in [6.07, 6.45) is 2.69. The van der Waals surface area contributed by atoms with Crippen molar-refractivity contribution in [2.75, 3.05) is 24.7 Å². The molecule has 1 N–H and O–H groups in total. The smallest absolute Gasteiger partial charge is 0.414 e. The SMILES string of the molecule is CC(C)(C)OC(=O)NC1(c2ccc(-c3c(F)cc(N4C[C@H](Cn5ccnn5)OC4=O)cc3F)cn2)[C@@H]2COC[C@@H]21. The van der Waals surface area contributed by atoms with E-state index >= 15 is 8.78 Å². The van der Waals surface area contributed by atoms with Crippen molar-refractivity contribution in [1.82, 2.24) is 25.3 Å². The number of hydrogen-bond donors (Lipinski definition) is 1. The first kappa shape index (κ1) is 26.1. The number of anilines is 1. The number of cyclic esters (lactones) is 1. The van der Waals surface area contributed by atoms with E-state index in [9.17, 15) is 9.59 Å². The Morgan fingerprint density at radius 2 is 1.93 bits per heavy atom. The van der Waals surface area contributed by atoms with Crippen molar-refractivity contribution in [2.45, 2.75) is 44.6 Å². The first-order valence-corrected chi connectivity index (χ1v) is 12.9. The van der Waals surface area contributed by atoms with E-state index < -0.39 is 41.1 Å². The molecule has 4 heterocycles. The highest BCUT2D eigenvalue weighted by molar-refractivity contribution is 5.90. The lowest BCUT2D eigenvalue weighted by molar-refractivity contribution is 0.0447. The van der Waals surface area contributed by atoms with E-state index in [0.717, 1.165) is 12.1 Å². The number of aromatic nitrogens is 4. The fraction of sp³-hybridized carbons (Fsp3) is 0.444. The number of carbonyl (C=O) groups excluding carboxylic acids is 2. The fourth-order valence-corrected chi connectivity index (χ4v) is 5.60. The topological polar surface area (TPSA) is 121 Å². The number of rotatable bonds is 6.